The molecule has 40 heteroatoms. The lowest BCUT2D eigenvalue weighted by Gasteiger charge is -2.32. The van der Waals surface area contributed by atoms with Crippen LogP contribution in [-0.4, -0.2) is 232 Å². The monoisotopic (exact) mass is 1970 g/mol. The van der Waals surface area contributed by atoms with Crippen LogP contribution in [0.1, 0.15) is 109 Å². The Morgan fingerprint density at radius 1 is 0.406 bits per heavy atom. The van der Waals surface area contributed by atoms with Gasteiger partial charge in [-0.3, -0.25) is 37.4 Å². The lowest BCUT2D eigenvalue weighted by Crippen LogP contribution is -2.41. The molecule has 1 saturated heterocycles. The molecule has 7 atom stereocenters. The van der Waals surface area contributed by atoms with Crippen LogP contribution in [0.25, 0.3) is 22.3 Å². The predicted octanol–water partition coefficient (Wildman–Crippen LogP) is 7.95. The zero-order valence-corrected chi connectivity index (χ0v) is 83.6. The van der Waals surface area contributed by atoms with Crippen molar-refractivity contribution in [2.24, 2.45) is 95.7 Å². The van der Waals surface area contributed by atoms with Crippen molar-refractivity contribution in [3.05, 3.63) is 159 Å². The third kappa shape index (κ3) is 21.4. The Morgan fingerprint density at radius 2 is 0.707 bits per heavy atom. The number of methoxy groups -OCH3 is 7. The van der Waals surface area contributed by atoms with Gasteiger partial charge in [-0.05, 0) is 116 Å². The van der Waals surface area contributed by atoms with Gasteiger partial charge in [-0.25, -0.2) is 44.3 Å². The van der Waals surface area contributed by atoms with Crippen molar-refractivity contribution in [2.75, 3.05) is 103 Å². The number of aliphatic imine (C=N–C) groups is 6. The molecule has 0 saturated carbocycles. The second-order valence-corrected chi connectivity index (χ2v) is 36.2. The second kappa shape index (κ2) is 43.2. The lowest BCUT2D eigenvalue weighted by molar-refractivity contribution is -0.142. The number of fused-ring (bicyclic) bond motifs is 4. The van der Waals surface area contributed by atoms with E-state index in [0.717, 1.165) is 51.8 Å². The van der Waals surface area contributed by atoms with Crippen LogP contribution in [0.15, 0.2) is 116 Å². The van der Waals surface area contributed by atoms with Crippen molar-refractivity contribution < 1.29 is 85.2 Å². The van der Waals surface area contributed by atoms with Gasteiger partial charge in [0.15, 0.2) is 46.0 Å². The maximum absolute atomic E-state index is 13.1. The Balaban J connectivity index is 0.000000165. The fourth-order valence-corrected chi connectivity index (χ4v) is 16.9. The molecule has 37 nitrogen and oxygen atoms in total. The van der Waals surface area contributed by atoms with Crippen LogP contribution < -0.4 is 82.8 Å². The molecule has 15 rings (SSSR count). The first-order chi connectivity index (χ1) is 63.0. The number of hydrogen-bond donors (Lipinski definition) is 1. The Morgan fingerprint density at radius 3 is 1.07 bits per heavy atom. The number of aromatic nitrogens is 6. The zero-order chi connectivity index (χ0) is 97.4. The van der Waals surface area contributed by atoms with Crippen molar-refractivity contribution in [1.29, 1.82) is 0 Å². The standard InChI is InChI=1S/C25H32N4O6.C24H35BN2O6.C19H23N3O6.C18H23BrN2O4.C7H9BrN2O2/c1-13(2)19-23(33-7)26-17(22(27-19)32-6)12-15-8-9-16(21-20(15)34-10-11-35-21)18-14(3)28(4)25(31)29(5)24(18)30;1-14(2)18-22(29-8)26-17(21(27-18)28-7)13-15-9-10-16(20-19(15)30-11-12-31-20)25-32-23(3,4)24(5,6)33-25;1-10-14(17(23)22(3)19(25)21(10)2)12-6-5-11(9-13(20)18(24)26-4)15-16(12)28-8-7-27-15;1-10(2)14-18(23-4)20-13(17(21-14)22-3)9-11-5-6-12(19)16-15(11)24-7-8-25-16;1-4-5(8)6(11)10(3)7(12)9(4)2/h8-9,13,17,19H,10-12H2,1-7H3;9-10,14,17-18H,11-13H2,1-8H3;5-6,13H,7-9,20H2,1-4H3;5-6,10,13-14H,7-9H2,1-4H3;1-3H3/t17-,19+;17-,18+;13-;13-,14+;/m0000./s1. The molecule has 133 heavy (non-hydrogen) atoms. The third-order valence-corrected chi connectivity index (χ3v) is 26.0. The second-order valence-electron chi connectivity index (χ2n) is 34.6. The van der Waals surface area contributed by atoms with E-state index in [9.17, 15) is 33.6 Å². The Bertz CT molecular complexity index is 6070. The Hall–Kier alpha value is -11.5. The van der Waals surface area contributed by atoms with Crippen LogP contribution in [0.2, 0.25) is 0 Å². The summed E-state index contributed by atoms with van der Waals surface area (Å²) in [5.74, 6) is 8.52. The van der Waals surface area contributed by atoms with E-state index >= 15 is 0 Å². The van der Waals surface area contributed by atoms with Crippen molar-refractivity contribution in [3.8, 4) is 68.2 Å². The molecule has 2 N–H and O–H groups in total. The van der Waals surface area contributed by atoms with Crippen LogP contribution in [0, 0.1) is 38.5 Å². The number of esters is 1. The van der Waals surface area contributed by atoms with E-state index in [0.29, 0.717) is 191 Å². The van der Waals surface area contributed by atoms with Crippen molar-refractivity contribution in [3.63, 3.8) is 0 Å². The fraction of sp³-hybridized carbons (Fsp3) is 0.538. The molecule has 0 aliphatic carbocycles. The number of halogens is 2. The van der Waals surface area contributed by atoms with E-state index in [1.807, 2.05) is 64.1 Å². The summed E-state index contributed by atoms with van der Waals surface area (Å²) in [5.41, 5.74) is 10.7. The van der Waals surface area contributed by atoms with Crippen LogP contribution >= 0.6 is 31.9 Å². The van der Waals surface area contributed by atoms with Gasteiger partial charge in [0.05, 0.1) is 76.6 Å². The van der Waals surface area contributed by atoms with E-state index in [-0.39, 0.29) is 76.9 Å². The number of nitrogens with zero attached hydrogens (tertiary/aromatic N) is 12. The smallest absolute Gasteiger partial charge is 0.486 e. The van der Waals surface area contributed by atoms with E-state index in [1.165, 1.54) is 42.0 Å². The van der Waals surface area contributed by atoms with Gasteiger partial charge >= 0.3 is 30.2 Å². The highest BCUT2D eigenvalue weighted by Gasteiger charge is 2.53. The first-order valence-corrected chi connectivity index (χ1v) is 45.3. The highest BCUT2D eigenvalue weighted by molar-refractivity contribution is 9.10. The number of nitrogens with two attached hydrogens (primary N) is 1. The molecule has 8 aliphatic heterocycles. The minimum absolute atomic E-state index is 0.116. The molecular weight excluding hydrogens is 1850 g/mol. The molecule has 0 bridgehead atoms. The first-order valence-electron chi connectivity index (χ1n) is 43.7. The zero-order valence-electron chi connectivity index (χ0n) is 80.5. The van der Waals surface area contributed by atoms with Crippen LogP contribution in [0.4, 0.5) is 0 Å². The van der Waals surface area contributed by atoms with E-state index in [4.69, 9.17) is 111 Å². The minimum atomic E-state index is -0.849. The summed E-state index contributed by atoms with van der Waals surface area (Å²) in [4.78, 5) is 113. The number of carbonyl (C=O) groups is 1. The van der Waals surface area contributed by atoms with Crippen molar-refractivity contribution in [1.82, 2.24) is 27.4 Å². The van der Waals surface area contributed by atoms with Gasteiger partial charge in [0.1, 0.15) is 99.6 Å². The fourth-order valence-electron chi connectivity index (χ4n) is 15.9. The van der Waals surface area contributed by atoms with Crippen molar-refractivity contribution in [2.45, 2.75) is 169 Å². The van der Waals surface area contributed by atoms with Gasteiger partial charge in [0.25, 0.3) is 16.7 Å². The molecule has 3 aromatic heterocycles. The average Bonchev–Trinajstić information content (AvgIpc) is 1.51. The summed E-state index contributed by atoms with van der Waals surface area (Å²) in [5, 5.41) is 0. The molecule has 0 amide bonds. The summed E-state index contributed by atoms with van der Waals surface area (Å²) in [7, 11) is 19.7. The average molecular weight is 1980 g/mol. The molecule has 0 spiro atoms. The van der Waals surface area contributed by atoms with Crippen LogP contribution in [0.5, 0.6) is 46.0 Å². The highest BCUT2D eigenvalue weighted by Crippen LogP contribution is 2.47. The topological polar surface area (TPSA) is 406 Å². The van der Waals surface area contributed by atoms with Gasteiger partial charge < -0.3 is 95.2 Å². The number of rotatable bonds is 15. The SMILES string of the molecule is COC(=O)[C@@H](N)Cc1ccc(-c2c(C)n(C)c(=O)n(C)c2=O)c2c1OCCO2.COC1=N[C@H](C(C)C)C(OC)=N[C@H]1Cc1ccc(-c2c(C)n(C)c(=O)n(C)c2=O)c2c1OCCO2.COC1=N[C@H](C(C)C)C(OC)=N[C@H]1Cc1ccc(B2OC(C)(C)C(C)(C)O2)c2c1OCCO2.COC1=N[C@H](C(C)C)C(OC)=N[C@H]1Cc1ccc(Br)c2c1OCCO2.Cc1c(Br)c(=O)n(C)c(=O)n1C. The Kier molecular flexibility index (Phi) is 33.2. The number of carbonyl (C=O) groups excluding carboxylic acids is 1. The molecule has 720 valence electrons. The summed E-state index contributed by atoms with van der Waals surface area (Å²) in [6.45, 7) is 29.2. The van der Waals surface area contributed by atoms with Gasteiger partial charge in [0, 0.05) is 124 Å². The van der Waals surface area contributed by atoms with Crippen molar-refractivity contribution >= 4 is 85.8 Å². The molecule has 11 heterocycles. The molecule has 8 aliphatic rings. The summed E-state index contributed by atoms with van der Waals surface area (Å²) in [6, 6.07) is 12.9. The maximum atomic E-state index is 13.1. The molecule has 1 fully saturated rings. The Labute approximate surface area is 789 Å². The largest absolute Gasteiger partial charge is 0.498 e. The summed E-state index contributed by atoms with van der Waals surface area (Å²) in [6.07, 6.45) is 1.78. The maximum Gasteiger partial charge on any atom is 0.498 e. The van der Waals surface area contributed by atoms with Gasteiger partial charge in [-0.1, -0.05) is 71.9 Å². The van der Waals surface area contributed by atoms with E-state index in [2.05, 4.69) is 78.1 Å². The lowest BCUT2D eigenvalue weighted by atomic mass is 9.77. The predicted molar refractivity (Wildman–Crippen MR) is 513 cm³/mol. The molecule has 7 aromatic rings. The summed E-state index contributed by atoms with van der Waals surface area (Å²) < 4.78 is 107. The number of benzene rings is 4. The summed E-state index contributed by atoms with van der Waals surface area (Å²) >= 11 is 6.63. The normalized spacial score (nSPS) is 19.5. The third-order valence-electron chi connectivity index (χ3n) is 24.5. The quantitative estimate of drug-likeness (QED) is 0.0751. The molecule has 0 radical (unpaired) electrons. The minimum Gasteiger partial charge on any atom is -0.486 e. The van der Waals surface area contributed by atoms with Crippen LogP contribution in [-0.2, 0) is 115 Å². The van der Waals surface area contributed by atoms with Gasteiger partial charge in [-0.2, -0.15) is 0 Å². The first kappa shape index (κ1) is 102. The van der Waals surface area contributed by atoms with Crippen LogP contribution in [0.3, 0.4) is 0 Å². The van der Waals surface area contributed by atoms with Gasteiger partial charge in [-0.15, -0.1) is 0 Å². The number of hydrogen-bond acceptors (Lipinski definition) is 31. The molecular formula is C93H122BBr2N13O24. The van der Waals surface area contributed by atoms with Gasteiger partial charge in [0.2, 0.25) is 35.4 Å². The molecule has 4 aromatic carbocycles. The van der Waals surface area contributed by atoms with E-state index < -0.39 is 47.6 Å². The number of ether oxygens (including phenoxy) is 15. The van der Waals surface area contributed by atoms with E-state index in [1.54, 1.807) is 96.7 Å². The molecule has 0 unspecified atom stereocenters. The highest BCUT2D eigenvalue weighted by atomic mass is 79.9.